The number of nitrogens with zero attached hydrogens (tertiary/aromatic N) is 2. The van der Waals surface area contributed by atoms with Gasteiger partial charge in [0.25, 0.3) is 0 Å². The SMILES string of the molecule is COc1ccc(C(Nc2ccn([C@H]3C[C@H](O)[C@@H](COP(OC(C)(C)C)OC(C)(C)C)O3)c(=O)n2)(c2ccccc2)c2ccc(OC)cc2)cc1. The number of aliphatic hydroxyl groups excluding tert-OH is 1. The number of benzene rings is 3. The van der Waals surface area contributed by atoms with E-state index in [1.807, 2.05) is 120 Å². The number of methoxy groups -OCH3 is 2. The first-order valence-electron chi connectivity index (χ1n) is 16.6. The number of rotatable bonds is 13. The molecule has 11 nitrogen and oxygen atoms in total. The molecule has 3 atom stereocenters. The average molecular weight is 706 g/mol. The Morgan fingerprint density at radius 3 is 1.82 bits per heavy atom. The fourth-order valence-electron chi connectivity index (χ4n) is 5.67. The van der Waals surface area contributed by atoms with Crippen LogP contribution >= 0.6 is 8.60 Å². The summed E-state index contributed by atoms with van der Waals surface area (Å²) in [6.45, 7) is 11.6. The zero-order valence-corrected chi connectivity index (χ0v) is 30.8. The van der Waals surface area contributed by atoms with Gasteiger partial charge >= 0.3 is 14.3 Å². The van der Waals surface area contributed by atoms with Crippen molar-refractivity contribution >= 4 is 14.4 Å². The van der Waals surface area contributed by atoms with E-state index in [1.165, 1.54) is 4.57 Å². The summed E-state index contributed by atoms with van der Waals surface area (Å²) in [5.41, 5.74) is 0.237. The molecule has 1 aliphatic rings. The number of nitrogens with one attached hydrogen (secondary N) is 1. The van der Waals surface area contributed by atoms with Crippen molar-refractivity contribution in [3.8, 4) is 11.5 Å². The fourth-order valence-corrected chi connectivity index (χ4v) is 6.97. The summed E-state index contributed by atoms with van der Waals surface area (Å²) in [4.78, 5) is 18.1. The second-order valence-electron chi connectivity index (χ2n) is 14.1. The van der Waals surface area contributed by atoms with Crippen LogP contribution in [0.2, 0.25) is 0 Å². The van der Waals surface area contributed by atoms with Crippen molar-refractivity contribution in [1.29, 1.82) is 0 Å². The van der Waals surface area contributed by atoms with E-state index in [0.717, 1.165) is 16.7 Å². The molecule has 1 fully saturated rings. The van der Waals surface area contributed by atoms with Gasteiger partial charge in [-0.2, -0.15) is 4.98 Å². The van der Waals surface area contributed by atoms with Crippen LogP contribution in [0.4, 0.5) is 5.82 Å². The highest BCUT2D eigenvalue weighted by atomic mass is 31.2. The third-order valence-corrected chi connectivity index (χ3v) is 9.71. The van der Waals surface area contributed by atoms with Crippen molar-refractivity contribution < 1.29 is 32.9 Å². The van der Waals surface area contributed by atoms with E-state index < -0.39 is 49.5 Å². The molecule has 12 heteroatoms. The lowest BCUT2D eigenvalue weighted by Crippen LogP contribution is -2.39. The minimum Gasteiger partial charge on any atom is -0.497 e. The third-order valence-electron chi connectivity index (χ3n) is 7.95. The number of hydrogen-bond acceptors (Lipinski definition) is 10. The average Bonchev–Trinajstić information content (AvgIpc) is 3.45. The molecule has 0 aliphatic carbocycles. The lowest BCUT2D eigenvalue weighted by atomic mass is 9.77. The topological polar surface area (TPSA) is 123 Å². The first-order valence-corrected chi connectivity index (χ1v) is 17.7. The zero-order valence-electron chi connectivity index (χ0n) is 30.0. The number of ether oxygens (including phenoxy) is 3. The molecule has 0 amide bonds. The third kappa shape index (κ3) is 9.09. The summed E-state index contributed by atoms with van der Waals surface area (Å²) in [7, 11) is 1.53. The Kier molecular flexibility index (Phi) is 11.7. The highest BCUT2D eigenvalue weighted by molar-refractivity contribution is 7.41. The van der Waals surface area contributed by atoms with Gasteiger partial charge in [0.05, 0.1) is 38.1 Å². The highest BCUT2D eigenvalue weighted by Crippen LogP contribution is 2.48. The standard InChI is InChI=1S/C38H48N3O8P/c1-36(2,3)48-50(49-37(4,5)6)46-25-32-31(42)24-34(47-32)41-23-22-33(39-35(41)43)40-38(26-12-10-9-11-13-26,27-14-18-29(44-7)19-15-27)28-16-20-30(45-8)21-17-28/h9-23,31-32,34,42H,24-25H2,1-8H3,(H,39,40,43)/t31-,32+,34+/m0/s1. The van der Waals surface area contributed by atoms with Crippen LogP contribution in [-0.4, -0.2) is 58.9 Å². The number of anilines is 1. The van der Waals surface area contributed by atoms with Crippen LogP contribution in [0.3, 0.4) is 0 Å². The van der Waals surface area contributed by atoms with Crippen LogP contribution in [0.15, 0.2) is 95.9 Å². The maximum absolute atomic E-state index is 13.6. The van der Waals surface area contributed by atoms with Crippen molar-refractivity contribution in [2.24, 2.45) is 0 Å². The summed E-state index contributed by atoms with van der Waals surface area (Å²) in [5.74, 6) is 1.78. The van der Waals surface area contributed by atoms with E-state index in [-0.39, 0.29) is 13.0 Å². The minimum atomic E-state index is -1.72. The monoisotopic (exact) mass is 705 g/mol. The molecule has 0 spiro atoms. The molecule has 3 aromatic carbocycles. The molecule has 0 saturated carbocycles. The van der Waals surface area contributed by atoms with E-state index in [1.54, 1.807) is 26.5 Å². The number of aromatic nitrogens is 2. The Morgan fingerprint density at radius 2 is 1.34 bits per heavy atom. The lowest BCUT2D eigenvalue weighted by molar-refractivity contribution is -0.0511. The van der Waals surface area contributed by atoms with Gasteiger partial charge in [-0.25, -0.2) is 4.79 Å². The van der Waals surface area contributed by atoms with Crippen molar-refractivity contribution in [3.05, 3.63) is 118 Å². The van der Waals surface area contributed by atoms with Gasteiger partial charge in [-0.15, -0.1) is 0 Å². The molecule has 5 rings (SSSR count). The van der Waals surface area contributed by atoms with Crippen LogP contribution in [0, 0.1) is 0 Å². The molecule has 1 aliphatic heterocycles. The molecule has 50 heavy (non-hydrogen) atoms. The maximum atomic E-state index is 13.6. The van der Waals surface area contributed by atoms with E-state index in [2.05, 4.69) is 10.3 Å². The summed E-state index contributed by atoms with van der Waals surface area (Å²) < 4.78 is 36.5. The van der Waals surface area contributed by atoms with Crippen LogP contribution in [0.5, 0.6) is 11.5 Å². The van der Waals surface area contributed by atoms with Gasteiger partial charge in [-0.3, -0.25) is 4.57 Å². The molecule has 268 valence electrons. The summed E-state index contributed by atoms with van der Waals surface area (Å²) in [6.07, 6.45) is -0.493. The van der Waals surface area contributed by atoms with E-state index in [0.29, 0.717) is 17.3 Å². The van der Waals surface area contributed by atoms with Crippen molar-refractivity contribution in [2.75, 3.05) is 26.1 Å². The quantitative estimate of drug-likeness (QED) is 0.109. The maximum Gasteiger partial charge on any atom is 0.351 e. The molecule has 0 bridgehead atoms. The second-order valence-corrected chi connectivity index (χ2v) is 15.1. The van der Waals surface area contributed by atoms with Crippen LogP contribution < -0.4 is 20.5 Å². The Hall–Kier alpha value is -3.83. The normalized spacial score (nSPS) is 18.3. The molecule has 1 aromatic heterocycles. The molecule has 1 saturated heterocycles. The van der Waals surface area contributed by atoms with Gasteiger partial charge in [0, 0.05) is 12.6 Å². The Labute approximate surface area is 295 Å². The van der Waals surface area contributed by atoms with Gasteiger partial charge in [-0.1, -0.05) is 54.6 Å². The Morgan fingerprint density at radius 1 is 0.820 bits per heavy atom. The summed E-state index contributed by atoms with van der Waals surface area (Å²) in [5, 5.41) is 14.5. The first-order chi connectivity index (χ1) is 23.7. The van der Waals surface area contributed by atoms with Crippen LogP contribution in [0.25, 0.3) is 0 Å². The zero-order chi connectivity index (χ0) is 36.1. The van der Waals surface area contributed by atoms with E-state index in [9.17, 15) is 9.90 Å². The van der Waals surface area contributed by atoms with Crippen molar-refractivity contribution in [3.63, 3.8) is 0 Å². The number of aliphatic hydroxyl groups is 1. The van der Waals surface area contributed by atoms with Gasteiger partial charge in [0.2, 0.25) is 0 Å². The molecular formula is C38H48N3O8P. The highest BCUT2D eigenvalue weighted by Gasteiger charge is 2.39. The van der Waals surface area contributed by atoms with Gasteiger partial charge in [0.15, 0.2) is 0 Å². The fraction of sp³-hybridized carbons (Fsp3) is 0.421. The smallest absolute Gasteiger partial charge is 0.351 e. The molecule has 0 radical (unpaired) electrons. The van der Waals surface area contributed by atoms with Gasteiger partial charge in [0.1, 0.15) is 35.2 Å². The van der Waals surface area contributed by atoms with Crippen LogP contribution in [0.1, 0.15) is 70.9 Å². The Bertz CT molecular complexity index is 1670. The predicted molar refractivity (Wildman–Crippen MR) is 194 cm³/mol. The second kappa shape index (κ2) is 15.6. The lowest BCUT2D eigenvalue weighted by Gasteiger charge is -2.37. The van der Waals surface area contributed by atoms with Gasteiger partial charge in [-0.05, 0) is 88.6 Å². The minimum absolute atomic E-state index is 0.0284. The number of hydrogen-bond donors (Lipinski definition) is 2. The van der Waals surface area contributed by atoms with E-state index >= 15 is 0 Å². The van der Waals surface area contributed by atoms with Crippen molar-refractivity contribution in [1.82, 2.24) is 9.55 Å². The summed E-state index contributed by atoms with van der Waals surface area (Å²) in [6, 6.07) is 27.3. The molecule has 4 aromatic rings. The largest absolute Gasteiger partial charge is 0.497 e. The predicted octanol–water partition coefficient (Wildman–Crippen LogP) is 7.19. The van der Waals surface area contributed by atoms with Crippen LogP contribution in [-0.2, 0) is 23.8 Å². The Balaban J connectivity index is 1.43. The molecular weight excluding hydrogens is 657 g/mol. The molecule has 2 N–H and O–H groups in total. The van der Waals surface area contributed by atoms with Crippen molar-refractivity contribution in [2.45, 2.75) is 83.1 Å². The van der Waals surface area contributed by atoms with Gasteiger partial charge < -0.3 is 38.2 Å². The first kappa shape index (κ1) is 37.4. The summed E-state index contributed by atoms with van der Waals surface area (Å²) >= 11 is 0. The van der Waals surface area contributed by atoms with E-state index in [4.69, 9.17) is 27.8 Å². The molecule has 2 heterocycles. The molecule has 0 unspecified atom stereocenters.